The molecule has 1 heterocycles. The van der Waals surface area contributed by atoms with Crippen LogP contribution in [0.5, 0.6) is 0 Å². The predicted octanol–water partition coefficient (Wildman–Crippen LogP) is 2.69. The van der Waals surface area contributed by atoms with Crippen molar-refractivity contribution in [2.45, 2.75) is 45.7 Å². The van der Waals surface area contributed by atoms with Gasteiger partial charge in [-0.2, -0.15) is 0 Å². The van der Waals surface area contributed by atoms with Crippen LogP contribution in [0.15, 0.2) is 34.9 Å². The van der Waals surface area contributed by atoms with Crippen molar-refractivity contribution >= 4 is 11.6 Å². The molecule has 1 aromatic carbocycles. The molecule has 1 aromatic heterocycles. The zero-order valence-corrected chi connectivity index (χ0v) is 14.6. The molecule has 2 rings (SSSR count). The highest BCUT2D eigenvalue weighted by Crippen LogP contribution is 2.23. The number of aromatic nitrogens is 1. The Balaban J connectivity index is 1.92. The summed E-state index contributed by atoms with van der Waals surface area (Å²) in [7, 11) is 0. The monoisotopic (exact) mass is 331 g/mol. The van der Waals surface area contributed by atoms with Crippen molar-refractivity contribution < 1.29 is 14.3 Å². The number of nitrogens with one attached hydrogen (secondary N) is 2. The van der Waals surface area contributed by atoms with E-state index in [0.29, 0.717) is 18.0 Å². The van der Waals surface area contributed by atoms with Gasteiger partial charge in [0.05, 0.1) is 19.3 Å². The first-order valence-electron chi connectivity index (χ1n) is 8.00. The molecule has 0 radical (unpaired) electrons. The molecule has 0 saturated heterocycles. The molecule has 3 N–H and O–H groups in total. The van der Waals surface area contributed by atoms with E-state index in [2.05, 4.69) is 36.4 Å². The molecule has 1 atom stereocenters. The second-order valence-electron chi connectivity index (χ2n) is 6.86. The first-order valence-corrected chi connectivity index (χ1v) is 8.00. The van der Waals surface area contributed by atoms with Gasteiger partial charge < -0.3 is 20.2 Å². The predicted molar refractivity (Wildman–Crippen MR) is 93.0 cm³/mol. The highest BCUT2D eigenvalue weighted by molar-refractivity contribution is 5.94. The molecule has 6 heteroatoms. The van der Waals surface area contributed by atoms with Gasteiger partial charge in [-0.3, -0.25) is 4.79 Å². The molecule has 0 bridgehead atoms. The Bertz CT molecular complexity index is 672. The summed E-state index contributed by atoms with van der Waals surface area (Å²) in [5.74, 6) is 1.27. The largest absolute Gasteiger partial charge is 0.443 e. The van der Waals surface area contributed by atoms with Crippen LogP contribution in [0.4, 0.5) is 5.69 Å². The van der Waals surface area contributed by atoms with Crippen LogP contribution < -0.4 is 10.6 Å². The molecule has 2 aromatic rings. The van der Waals surface area contributed by atoms with E-state index in [1.807, 2.05) is 12.1 Å². The Labute approximate surface area is 142 Å². The fourth-order valence-electron chi connectivity index (χ4n) is 2.01. The van der Waals surface area contributed by atoms with Crippen molar-refractivity contribution in [3.8, 4) is 0 Å². The number of aliphatic hydroxyl groups excluding tert-OH is 1. The zero-order chi connectivity index (χ0) is 17.7. The maximum Gasteiger partial charge on any atom is 0.251 e. The van der Waals surface area contributed by atoms with Crippen LogP contribution in [0, 0.1) is 0 Å². The first kappa shape index (κ1) is 18.0. The number of hydrogen-bond donors (Lipinski definition) is 3. The van der Waals surface area contributed by atoms with Crippen molar-refractivity contribution in [1.82, 2.24) is 10.3 Å². The van der Waals surface area contributed by atoms with Crippen LogP contribution >= 0.6 is 0 Å². The van der Waals surface area contributed by atoms with Gasteiger partial charge in [0.1, 0.15) is 5.76 Å². The lowest BCUT2D eigenvalue weighted by atomic mass is 9.94. The second kappa shape index (κ2) is 7.49. The Morgan fingerprint density at radius 2 is 1.96 bits per heavy atom. The molecule has 0 spiro atoms. The smallest absolute Gasteiger partial charge is 0.251 e. The summed E-state index contributed by atoms with van der Waals surface area (Å²) in [5, 5.41) is 14.9. The summed E-state index contributed by atoms with van der Waals surface area (Å²) < 4.78 is 5.73. The minimum atomic E-state index is -0.266. The van der Waals surface area contributed by atoms with Gasteiger partial charge in [0.2, 0.25) is 5.89 Å². The van der Waals surface area contributed by atoms with E-state index in [0.717, 1.165) is 11.4 Å². The molecule has 24 heavy (non-hydrogen) atoms. The first-order chi connectivity index (χ1) is 11.3. The van der Waals surface area contributed by atoms with Crippen LogP contribution in [0.25, 0.3) is 0 Å². The van der Waals surface area contributed by atoms with Crippen molar-refractivity contribution in [3.05, 3.63) is 47.7 Å². The highest BCUT2D eigenvalue weighted by atomic mass is 16.4. The van der Waals surface area contributed by atoms with Crippen LogP contribution in [-0.4, -0.2) is 28.6 Å². The van der Waals surface area contributed by atoms with Gasteiger partial charge in [-0.15, -0.1) is 0 Å². The van der Waals surface area contributed by atoms with E-state index in [1.54, 1.807) is 25.3 Å². The van der Waals surface area contributed by atoms with Crippen LogP contribution in [-0.2, 0) is 12.0 Å². The molecule has 0 aliphatic carbocycles. The molecule has 0 saturated carbocycles. The van der Waals surface area contributed by atoms with Crippen molar-refractivity contribution in [2.24, 2.45) is 0 Å². The SMILES string of the molecule is CC(CO)NC(=O)c1ccc(NCc2ncc(C(C)(C)C)o2)cc1. The zero-order valence-electron chi connectivity index (χ0n) is 14.6. The average molecular weight is 331 g/mol. The van der Waals surface area contributed by atoms with Gasteiger partial charge in [0, 0.05) is 22.7 Å². The third-order valence-corrected chi connectivity index (χ3v) is 3.53. The number of rotatable bonds is 6. The normalized spacial score (nSPS) is 12.7. The summed E-state index contributed by atoms with van der Waals surface area (Å²) in [4.78, 5) is 16.2. The molecule has 1 unspecified atom stereocenters. The fourth-order valence-corrected chi connectivity index (χ4v) is 2.01. The Morgan fingerprint density at radius 1 is 1.29 bits per heavy atom. The minimum absolute atomic E-state index is 0.0635. The van der Waals surface area contributed by atoms with E-state index < -0.39 is 0 Å². The lowest BCUT2D eigenvalue weighted by molar-refractivity contribution is 0.0922. The summed E-state index contributed by atoms with van der Waals surface area (Å²) in [6, 6.07) is 6.85. The number of carbonyl (C=O) groups is 1. The number of aliphatic hydroxyl groups is 1. The third-order valence-electron chi connectivity index (χ3n) is 3.53. The van der Waals surface area contributed by atoms with E-state index in [4.69, 9.17) is 9.52 Å². The van der Waals surface area contributed by atoms with Gasteiger partial charge in [0.25, 0.3) is 5.91 Å². The quantitative estimate of drug-likeness (QED) is 0.757. The number of carbonyl (C=O) groups excluding carboxylic acids is 1. The number of amides is 1. The molecule has 0 aliphatic heterocycles. The molecule has 0 aliphatic rings. The average Bonchev–Trinajstić information content (AvgIpc) is 3.02. The Kier molecular flexibility index (Phi) is 5.62. The molecular formula is C18H25N3O3. The highest BCUT2D eigenvalue weighted by Gasteiger charge is 2.19. The number of nitrogens with zero attached hydrogens (tertiary/aromatic N) is 1. The molecule has 1 amide bonds. The minimum Gasteiger partial charge on any atom is -0.443 e. The van der Waals surface area contributed by atoms with E-state index >= 15 is 0 Å². The van der Waals surface area contributed by atoms with Gasteiger partial charge in [0.15, 0.2) is 0 Å². The van der Waals surface area contributed by atoms with Gasteiger partial charge in [-0.05, 0) is 31.2 Å². The van der Waals surface area contributed by atoms with Crippen LogP contribution in [0.3, 0.4) is 0 Å². The molecule has 0 fully saturated rings. The standard InChI is InChI=1S/C18H25N3O3/c1-12(11-22)21-17(23)13-5-7-14(8-6-13)19-10-16-20-9-15(24-16)18(2,3)4/h5-9,12,19,22H,10-11H2,1-4H3,(H,21,23). The topological polar surface area (TPSA) is 87.4 Å². The number of benzene rings is 1. The summed E-state index contributed by atoms with van der Waals surface area (Å²) in [5.41, 5.74) is 1.36. The number of hydrogen-bond acceptors (Lipinski definition) is 5. The number of oxazole rings is 1. The molecule has 6 nitrogen and oxygen atoms in total. The van der Waals surface area contributed by atoms with Gasteiger partial charge >= 0.3 is 0 Å². The van der Waals surface area contributed by atoms with Crippen molar-refractivity contribution in [1.29, 1.82) is 0 Å². The van der Waals surface area contributed by atoms with Crippen LogP contribution in [0.1, 0.15) is 49.7 Å². The number of anilines is 1. The summed E-state index contributed by atoms with van der Waals surface area (Å²) in [6.45, 7) is 8.36. The Morgan fingerprint density at radius 3 is 2.50 bits per heavy atom. The third kappa shape index (κ3) is 4.83. The van der Waals surface area contributed by atoms with E-state index in [1.165, 1.54) is 0 Å². The van der Waals surface area contributed by atoms with Gasteiger partial charge in [-0.1, -0.05) is 20.8 Å². The van der Waals surface area contributed by atoms with Crippen molar-refractivity contribution in [3.63, 3.8) is 0 Å². The Hall–Kier alpha value is -2.34. The summed E-state index contributed by atoms with van der Waals surface area (Å²) >= 11 is 0. The van der Waals surface area contributed by atoms with Crippen molar-refractivity contribution in [2.75, 3.05) is 11.9 Å². The fraction of sp³-hybridized carbons (Fsp3) is 0.444. The van der Waals surface area contributed by atoms with Gasteiger partial charge in [-0.25, -0.2) is 4.98 Å². The molecular weight excluding hydrogens is 306 g/mol. The lowest BCUT2D eigenvalue weighted by Crippen LogP contribution is -2.34. The van der Waals surface area contributed by atoms with E-state index in [-0.39, 0.29) is 24.0 Å². The maximum atomic E-state index is 11.9. The molecule has 130 valence electrons. The summed E-state index contributed by atoms with van der Waals surface area (Å²) in [6.07, 6.45) is 1.76. The maximum absolute atomic E-state index is 11.9. The lowest BCUT2D eigenvalue weighted by Gasteiger charge is -2.13. The van der Waals surface area contributed by atoms with Crippen LogP contribution in [0.2, 0.25) is 0 Å². The van der Waals surface area contributed by atoms with E-state index in [9.17, 15) is 4.79 Å². The second-order valence-corrected chi connectivity index (χ2v) is 6.86.